The van der Waals surface area contributed by atoms with Gasteiger partial charge in [-0.1, -0.05) is 35.9 Å². The van der Waals surface area contributed by atoms with Crippen LogP contribution in [0.15, 0.2) is 42.5 Å². The first-order valence-corrected chi connectivity index (χ1v) is 5.94. The molecule has 0 atom stereocenters. The highest BCUT2D eigenvalue weighted by Crippen LogP contribution is 2.30. The normalized spacial score (nSPS) is 11.6. The molecule has 100 valence electrons. The first-order chi connectivity index (χ1) is 8.86. The lowest BCUT2D eigenvalue weighted by Gasteiger charge is -2.10. The van der Waals surface area contributed by atoms with Gasteiger partial charge in [-0.15, -0.1) is 0 Å². The molecule has 0 heterocycles. The Labute approximate surface area is 113 Å². The second kappa shape index (κ2) is 5.13. The predicted octanol–water partition coefficient (Wildman–Crippen LogP) is 4.53. The van der Waals surface area contributed by atoms with Crippen molar-refractivity contribution in [3.8, 4) is 0 Å². The van der Waals surface area contributed by atoms with Crippen LogP contribution in [0, 0.1) is 0 Å². The van der Waals surface area contributed by atoms with Gasteiger partial charge >= 0.3 is 6.18 Å². The number of hydrogen-bond acceptors (Lipinski definition) is 1. The molecule has 2 aromatic rings. The maximum Gasteiger partial charge on any atom is 0.416 e. The minimum Gasteiger partial charge on any atom is -0.398 e. The van der Waals surface area contributed by atoms with E-state index in [1.807, 2.05) is 0 Å². The average molecular weight is 286 g/mol. The van der Waals surface area contributed by atoms with Crippen molar-refractivity contribution in [2.75, 3.05) is 5.73 Å². The zero-order chi connectivity index (χ0) is 14.0. The molecular weight excluding hydrogens is 275 g/mol. The number of rotatable bonds is 2. The maximum absolute atomic E-state index is 12.6. The molecule has 2 rings (SSSR count). The van der Waals surface area contributed by atoms with Crippen molar-refractivity contribution in [2.45, 2.75) is 12.6 Å². The second-order valence-corrected chi connectivity index (χ2v) is 4.65. The van der Waals surface area contributed by atoms with Gasteiger partial charge in [-0.25, -0.2) is 0 Å². The van der Waals surface area contributed by atoms with E-state index in [-0.39, 0.29) is 0 Å². The van der Waals surface area contributed by atoms with Crippen LogP contribution in [0.5, 0.6) is 0 Å². The molecule has 5 heteroatoms. The summed E-state index contributed by atoms with van der Waals surface area (Å²) in [6.45, 7) is 0. The monoisotopic (exact) mass is 285 g/mol. The molecule has 0 aromatic heterocycles. The van der Waals surface area contributed by atoms with E-state index in [1.54, 1.807) is 24.3 Å². The van der Waals surface area contributed by atoms with Gasteiger partial charge in [0.15, 0.2) is 0 Å². The molecule has 0 radical (unpaired) electrons. The Morgan fingerprint density at radius 3 is 2.42 bits per heavy atom. The van der Waals surface area contributed by atoms with E-state index < -0.39 is 11.7 Å². The van der Waals surface area contributed by atoms with Gasteiger partial charge in [0.25, 0.3) is 0 Å². The topological polar surface area (TPSA) is 26.0 Å². The highest BCUT2D eigenvalue weighted by molar-refractivity contribution is 6.30. The summed E-state index contributed by atoms with van der Waals surface area (Å²) in [5.74, 6) is 0. The summed E-state index contributed by atoms with van der Waals surface area (Å²) in [5, 5.41) is 0.505. The largest absolute Gasteiger partial charge is 0.416 e. The van der Waals surface area contributed by atoms with Gasteiger partial charge in [0, 0.05) is 10.7 Å². The van der Waals surface area contributed by atoms with Crippen LogP contribution in [-0.2, 0) is 12.6 Å². The van der Waals surface area contributed by atoms with Crippen LogP contribution in [-0.4, -0.2) is 0 Å². The lowest BCUT2D eigenvalue weighted by molar-refractivity contribution is -0.137. The van der Waals surface area contributed by atoms with E-state index in [2.05, 4.69) is 0 Å². The molecule has 0 saturated heterocycles. The lowest BCUT2D eigenvalue weighted by atomic mass is 10.0. The van der Waals surface area contributed by atoms with Crippen molar-refractivity contribution in [1.82, 2.24) is 0 Å². The standard InChI is InChI=1S/C14H11ClF3N/c15-12-5-4-10(13(19)8-12)6-9-2-1-3-11(7-9)14(16,17)18/h1-5,7-8H,6,19H2. The van der Waals surface area contributed by atoms with Crippen molar-refractivity contribution in [1.29, 1.82) is 0 Å². The Balaban J connectivity index is 2.29. The van der Waals surface area contributed by atoms with E-state index in [0.717, 1.165) is 17.7 Å². The number of nitrogens with two attached hydrogens (primary N) is 1. The first-order valence-electron chi connectivity index (χ1n) is 5.56. The minimum absolute atomic E-state index is 0.340. The molecule has 0 spiro atoms. The number of anilines is 1. The molecule has 0 unspecified atom stereocenters. The zero-order valence-electron chi connectivity index (χ0n) is 9.84. The lowest BCUT2D eigenvalue weighted by Crippen LogP contribution is -2.05. The molecule has 0 amide bonds. The average Bonchev–Trinajstić information content (AvgIpc) is 2.32. The number of nitrogen functional groups attached to an aromatic ring is 1. The predicted molar refractivity (Wildman–Crippen MR) is 70.1 cm³/mol. The number of halogens is 4. The molecule has 0 aliphatic carbocycles. The van der Waals surface area contributed by atoms with Crippen LogP contribution in [0.4, 0.5) is 18.9 Å². The summed E-state index contributed by atoms with van der Waals surface area (Å²) in [7, 11) is 0. The van der Waals surface area contributed by atoms with Crippen LogP contribution < -0.4 is 5.73 Å². The van der Waals surface area contributed by atoms with E-state index in [9.17, 15) is 13.2 Å². The fourth-order valence-corrected chi connectivity index (χ4v) is 1.98. The Kier molecular flexibility index (Phi) is 3.71. The van der Waals surface area contributed by atoms with Gasteiger partial charge in [0.05, 0.1) is 5.56 Å². The third kappa shape index (κ3) is 3.41. The molecule has 2 aromatic carbocycles. The molecule has 0 bridgehead atoms. The molecule has 19 heavy (non-hydrogen) atoms. The van der Waals surface area contributed by atoms with Crippen LogP contribution in [0.1, 0.15) is 16.7 Å². The highest BCUT2D eigenvalue weighted by Gasteiger charge is 2.30. The van der Waals surface area contributed by atoms with Gasteiger partial charge in [-0.2, -0.15) is 13.2 Å². The van der Waals surface area contributed by atoms with Crippen molar-refractivity contribution < 1.29 is 13.2 Å². The summed E-state index contributed by atoms with van der Waals surface area (Å²) in [4.78, 5) is 0. The fraction of sp³-hybridized carbons (Fsp3) is 0.143. The fourth-order valence-electron chi connectivity index (χ4n) is 1.80. The SMILES string of the molecule is Nc1cc(Cl)ccc1Cc1cccc(C(F)(F)F)c1. The maximum atomic E-state index is 12.6. The number of benzene rings is 2. The minimum atomic E-state index is -4.33. The third-order valence-electron chi connectivity index (χ3n) is 2.76. The Morgan fingerprint density at radius 1 is 1.05 bits per heavy atom. The van der Waals surface area contributed by atoms with Crippen LogP contribution in [0.2, 0.25) is 5.02 Å². The van der Waals surface area contributed by atoms with Crippen molar-refractivity contribution in [2.24, 2.45) is 0 Å². The van der Waals surface area contributed by atoms with Gasteiger partial charge in [-0.05, 0) is 35.7 Å². The summed E-state index contributed by atoms with van der Waals surface area (Å²) >= 11 is 5.78. The summed E-state index contributed by atoms with van der Waals surface area (Å²) in [6.07, 6.45) is -3.99. The summed E-state index contributed by atoms with van der Waals surface area (Å²) in [6, 6.07) is 10.2. The molecular formula is C14H11ClF3N. The third-order valence-corrected chi connectivity index (χ3v) is 2.99. The Morgan fingerprint density at radius 2 is 1.79 bits per heavy atom. The van der Waals surface area contributed by atoms with E-state index in [1.165, 1.54) is 6.07 Å². The molecule has 0 fully saturated rings. The summed E-state index contributed by atoms with van der Waals surface area (Å²) in [5.41, 5.74) is 6.92. The van der Waals surface area contributed by atoms with Crippen LogP contribution in [0.3, 0.4) is 0 Å². The first kappa shape index (κ1) is 13.7. The highest BCUT2D eigenvalue weighted by atomic mass is 35.5. The van der Waals surface area contributed by atoms with E-state index in [0.29, 0.717) is 22.7 Å². The summed E-state index contributed by atoms with van der Waals surface area (Å²) < 4.78 is 37.8. The molecule has 1 nitrogen and oxygen atoms in total. The Bertz CT molecular complexity index is 593. The van der Waals surface area contributed by atoms with Gasteiger partial charge in [0.1, 0.15) is 0 Å². The van der Waals surface area contributed by atoms with E-state index in [4.69, 9.17) is 17.3 Å². The van der Waals surface area contributed by atoms with Gasteiger partial charge in [0.2, 0.25) is 0 Å². The van der Waals surface area contributed by atoms with Crippen molar-refractivity contribution in [3.05, 3.63) is 64.2 Å². The van der Waals surface area contributed by atoms with Crippen LogP contribution >= 0.6 is 11.6 Å². The number of hydrogen-bond donors (Lipinski definition) is 1. The number of alkyl halides is 3. The quantitative estimate of drug-likeness (QED) is 0.806. The molecule has 0 aliphatic heterocycles. The van der Waals surface area contributed by atoms with E-state index >= 15 is 0 Å². The molecule has 0 aliphatic rings. The zero-order valence-corrected chi connectivity index (χ0v) is 10.6. The Hall–Kier alpha value is -1.68. The molecule has 2 N–H and O–H groups in total. The molecule has 0 saturated carbocycles. The van der Waals surface area contributed by atoms with Crippen molar-refractivity contribution >= 4 is 17.3 Å². The van der Waals surface area contributed by atoms with Crippen molar-refractivity contribution in [3.63, 3.8) is 0 Å². The van der Waals surface area contributed by atoms with Crippen LogP contribution in [0.25, 0.3) is 0 Å². The smallest absolute Gasteiger partial charge is 0.398 e. The van der Waals surface area contributed by atoms with Gasteiger partial charge in [-0.3, -0.25) is 0 Å². The second-order valence-electron chi connectivity index (χ2n) is 4.22. The van der Waals surface area contributed by atoms with Gasteiger partial charge < -0.3 is 5.73 Å².